The van der Waals surface area contributed by atoms with Crippen molar-refractivity contribution < 1.29 is 18.7 Å². The van der Waals surface area contributed by atoms with E-state index in [1.54, 1.807) is 14.0 Å². The quantitative estimate of drug-likeness (QED) is 0.444. The minimum Gasteiger partial charge on any atom is -0.497 e. The summed E-state index contributed by atoms with van der Waals surface area (Å²) >= 11 is 0. The molecule has 0 saturated heterocycles. The van der Waals surface area contributed by atoms with Crippen LogP contribution in [0.25, 0.3) is 22.2 Å². The van der Waals surface area contributed by atoms with Crippen molar-refractivity contribution in [3.63, 3.8) is 0 Å². The van der Waals surface area contributed by atoms with Crippen molar-refractivity contribution in [2.75, 3.05) is 7.11 Å². The molecule has 146 valence electrons. The number of hydrogen-bond acceptors (Lipinski definition) is 6. The molecule has 1 aromatic heterocycles. The predicted octanol–water partition coefficient (Wildman–Crippen LogP) is 4.75. The van der Waals surface area contributed by atoms with Crippen molar-refractivity contribution in [1.29, 1.82) is 0 Å². The van der Waals surface area contributed by atoms with Crippen molar-refractivity contribution in [2.24, 2.45) is 0 Å². The van der Waals surface area contributed by atoms with Gasteiger partial charge in [0, 0.05) is 5.56 Å². The third-order valence-electron chi connectivity index (χ3n) is 4.65. The Balaban J connectivity index is 1.44. The Kier molecular flexibility index (Phi) is 5.24. The highest BCUT2D eigenvalue weighted by atomic mass is 16.6. The highest BCUT2D eigenvalue weighted by Crippen LogP contribution is 2.25. The molecule has 0 bridgehead atoms. The number of esters is 1. The van der Waals surface area contributed by atoms with Crippen LogP contribution in [0.5, 0.6) is 5.75 Å². The van der Waals surface area contributed by atoms with Gasteiger partial charge in [-0.1, -0.05) is 42.5 Å². The van der Waals surface area contributed by atoms with Crippen LogP contribution in [0.3, 0.4) is 0 Å². The van der Waals surface area contributed by atoms with Gasteiger partial charge in [0.1, 0.15) is 5.75 Å². The monoisotopic (exact) mass is 388 g/mol. The number of hydrogen-bond donors (Lipinski definition) is 0. The van der Waals surface area contributed by atoms with Gasteiger partial charge in [0.05, 0.1) is 13.5 Å². The minimum atomic E-state index is -0.642. The Morgan fingerprint density at radius 1 is 1.00 bits per heavy atom. The van der Waals surface area contributed by atoms with Crippen LogP contribution >= 0.6 is 0 Å². The molecule has 1 heterocycles. The maximum absolute atomic E-state index is 12.5. The van der Waals surface area contributed by atoms with Crippen LogP contribution in [-0.2, 0) is 16.0 Å². The van der Waals surface area contributed by atoms with Gasteiger partial charge in [0.15, 0.2) is 6.10 Å². The van der Waals surface area contributed by atoms with E-state index in [1.165, 1.54) is 0 Å². The molecule has 0 aliphatic rings. The lowest BCUT2D eigenvalue weighted by molar-refractivity contribution is -0.148. The summed E-state index contributed by atoms with van der Waals surface area (Å²) in [5.41, 5.74) is 1.68. The average molecular weight is 388 g/mol. The molecular weight excluding hydrogens is 368 g/mol. The van der Waals surface area contributed by atoms with Gasteiger partial charge in [-0.15, -0.1) is 10.2 Å². The lowest BCUT2D eigenvalue weighted by Crippen LogP contribution is -2.12. The number of methoxy groups -OCH3 is 1. The first-order chi connectivity index (χ1) is 14.1. The Labute approximate surface area is 168 Å². The van der Waals surface area contributed by atoms with E-state index in [0.29, 0.717) is 5.89 Å². The molecule has 4 aromatic rings. The number of rotatable bonds is 6. The van der Waals surface area contributed by atoms with Crippen molar-refractivity contribution in [3.05, 3.63) is 78.2 Å². The van der Waals surface area contributed by atoms with Gasteiger partial charge in [-0.3, -0.25) is 4.79 Å². The normalized spacial score (nSPS) is 11.9. The minimum absolute atomic E-state index is 0.172. The number of ether oxygens (including phenoxy) is 2. The number of nitrogens with zero attached hydrogens (tertiary/aromatic N) is 2. The van der Waals surface area contributed by atoms with Gasteiger partial charge >= 0.3 is 5.97 Å². The molecule has 0 aliphatic carbocycles. The second kappa shape index (κ2) is 8.14. The number of fused-ring (bicyclic) bond motifs is 1. The molecule has 6 nitrogen and oxygen atoms in total. The number of carbonyl (C=O) groups is 1. The van der Waals surface area contributed by atoms with E-state index in [9.17, 15) is 4.79 Å². The second-order valence-corrected chi connectivity index (χ2v) is 6.62. The van der Waals surface area contributed by atoms with E-state index in [0.717, 1.165) is 27.6 Å². The van der Waals surface area contributed by atoms with Crippen molar-refractivity contribution in [1.82, 2.24) is 10.2 Å². The number of aromatic nitrogens is 2. The van der Waals surface area contributed by atoms with Gasteiger partial charge in [0.25, 0.3) is 5.89 Å². The zero-order valence-electron chi connectivity index (χ0n) is 16.2. The number of carbonyl (C=O) groups excluding carboxylic acids is 1. The summed E-state index contributed by atoms with van der Waals surface area (Å²) in [6.45, 7) is 1.71. The molecule has 0 fully saturated rings. The summed E-state index contributed by atoms with van der Waals surface area (Å²) in [6.07, 6.45) is -0.470. The maximum Gasteiger partial charge on any atom is 0.311 e. The molecule has 0 aliphatic heterocycles. The van der Waals surface area contributed by atoms with Gasteiger partial charge < -0.3 is 13.9 Å². The zero-order valence-corrected chi connectivity index (χ0v) is 16.2. The average Bonchev–Trinajstić information content (AvgIpc) is 3.24. The predicted molar refractivity (Wildman–Crippen MR) is 108 cm³/mol. The summed E-state index contributed by atoms with van der Waals surface area (Å²) in [5.74, 6) is 1.00. The molecule has 0 saturated carbocycles. The molecule has 0 spiro atoms. The molecule has 0 amide bonds. The number of benzene rings is 3. The highest BCUT2D eigenvalue weighted by Gasteiger charge is 2.19. The molecule has 29 heavy (non-hydrogen) atoms. The van der Waals surface area contributed by atoms with Crippen LogP contribution < -0.4 is 4.74 Å². The summed E-state index contributed by atoms with van der Waals surface area (Å²) in [4.78, 5) is 12.5. The maximum atomic E-state index is 12.5. The fraction of sp³-hybridized carbons (Fsp3) is 0.174. The van der Waals surface area contributed by atoms with E-state index in [4.69, 9.17) is 13.9 Å². The molecule has 6 heteroatoms. The lowest BCUT2D eigenvalue weighted by Gasteiger charge is -2.10. The summed E-state index contributed by atoms with van der Waals surface area (Å²) in [5, 5.41) is 10.2. The first-order valence-corrected chi connectivity index (χ1v) is 9.28. The van der Waals surface area contributed by atoms with Gasteiger partial charge in [-0.2, -0.15) is 0 Å². The lowest BCUT2D eigenvalue weighted by atomic mass is 10.0. The Morgan fingerprint density at radius 3 is 2.55 bits per heavy atom. The first kappa shape index (κ1) is 18.7. The van der Waals surface area contributed by atoms with E-state index < -0.39 is 6.10 Å². The van der Waals surface area contributed by atoms with Crippen molar-refractivity contribution in [3.8, 4) is 17.2 Å². The molecule has 3 aromatic carbocycles. The van der Waals surface area contributed by atoms with Crippen LogP contribution in [0.15, 0.2) is 71.1 Å². The van der Waals surface area contributed by atoms with E-state index in [1.807, 2.05) is 66.7 Å². The standard InChI is InChI=1S/C23H20N2O4/c1-15(22-24-25-23(29-22)17-10-12-19(27-2)13-11-17)28-21(26)14-18-8-5-7-16-6-3-4-9-20(16)18/h3-13,15H,14H2,1-2H3/t15-/m0/s1. The van der Waals surface area contributed by atoms with E-state index in [2.05, 4.69) is 10.2 Å². The summed E-state index contributed by atoms with van der Waals surface area (Å²) in [7, 11) is 1.61. The SMILES string of the molecule is COc1ccc(-c2nnc([C@H](C)OC(=O)Cc3cccc4ccccc34)o2)cc1. The van der Waals surface area contributed by atoms with E-state index >= 15 is 0 Å². The van der Waals surface area contributed by atoms with Crippen LogP contribution in [0.4, 0.5) is 0 Å². The van der Waals surface area contributed by atoms with Gasteiger partial charge in [0.2, 0.25) is 5.89 Å². The largest absolute Gasteiger partial charge is 0.497 e. The fourth-order valence-corrected chi connectivity index (χ4v) is 3.14. The Morgan fingerprint density at radius 2 is 1.76 bits per heavy atom. The second-order valence-electron chi connectivity index (χ2n) is 6.62. The van der Waals surface area contributed by atoms with Gasteiger partial charge in [-0.25, -0.2) is 0 Å². The van der Waals surface area contributed by atoms with Crippen LogP contribution in [0.1, 0.15) is 24.5 Å². The Bertz CT molecular complexity index is 1130. The topological polar surface area (TPSA) is 74.5 Å². The molecule has 0 N–H and O–H groups in total. The van der Waals surface area contributed by atoms with Crippen LogP contribution in [0.2, 0.25) is 0 Å². The molecular formula is C23H20N2O4. The molecule has 4 rings (SSSR count). The summed E-state index contributed by atoms with van der Waals surface area (Å²) < 4.78 is 16.3. The van der Waals surface area contributed by atoms with Crippen LogP contribution in [0, 0.1) is 0 Å². The molecule has 0 unspecified atom stereocenters. The highest BCUT2D eigenvalue weighted by molar-refractivity contribution is 5.89. The van der Waals surface area contributed by atoms with E-state index in [-0.39, 0.29) is 18.3 Å². The molecule has 1 atom stereocenters. The third kappa shape index (κ3) is 4.11. The molecule has 0 radical (unpaired) electrons. The van der Waals surface area contributed by atoms with Crippen molar-refractivity contribution >= 4 is 16.7 Å². The zero-order chi connectivity index (χ0) is 20.2. The Hall–Kier alpha value is -3.67. The van der Waals surface area contributed by atoms with Crippen molar-refractivity contribution in [2.45, 2.75) is 19.4 Å². The third-order valence-corrected chi connectivity index (χ3v) is 4.65. The first-order valence-electron chi connectivity index (χ1n) is 9.28. The fourth-order valence-electron chi connectivity index (χ4n) is 3.14. The smallest absolute Gasteiger partial charge is 0.311 e. The van der Waals surface area contributed by atoms with Gasteiger partial charge in [-0.05, 0) is 47.5 Å². The van der Waals surface area contributed by atoms with Crippen LogP contribution in [-0.4, -0.2) is 23.3 Å². The summed E-state index contributed by atoms with van der Waals surface area (Å²) in [6, 6.07) is 21.1.